The zero-order valence-electron chi connectivity index (χ0n) is 12.5. The Bertz CT molecular complexity index is 445. The van der Waals surface area contributed by atoms with E-state index in [1.807, 2.05) is 26.0 Å². The smallest absolute Gasteiger partial charge is 0.307 e. The third-order valence-electron chi connectivity index (χ3n) is 4.06. The summed E-state index contributed by atoms with van der Waals surface area (Å²) in [6.45, 7) is 4.30. The molecule has 6 heteroatoms. The second kappa shape index (κ2) is 6.15. The first-order valence-corrected chi connectivity index (χ1v) is 7.29. The molecule has 0 aromatic carbocycles. The molecule has 6 nitrogen and oxygen atoms in total. The van der Waals surface area contributed by atoms with Crippen LogP contribution >= 0.6 is 0 Å². The quantitative estimate of drug-likeness (QED) is 0.747. The van der Waals surface area contributed by atoms with Gasteiger partial charge in [-0.2, -0.15) is 0 Å². The van der Waals surface area contributed by atoms with Crippen LogP contribution in [-0.4, -0.2) is 58.4 Å². The van der Waals surface area contributed by atoms with Gasteiger partial charge in [0.2, 0.25) is 5.91 Å². The molecule has 2 N–H and O–H groups in total. The standard InChI is InChI=1S/C15H23NO5/c1-15(2)9-16(7-10(8-17)21-15)13(18)11-5-3-4-6-12(11)14(19)20/h3-4,10-12,17H,5-9H2,1-2H3,(H,19,20). The van der Waals surface area contributed by atoms with Crippen LogP contribution in [0.3, 0.4) is 0 Å². The highest BCUT2D eigenvalue weighted by Gasteiger charge is 2.41. The summed E-state index contributed by atoms with van der Waals surface area (Å²) in [5, 5.41) is 18.6. The van der Waals surface area contributed by atoms with Crippen molar-refractivity contribution in [2.24, 2.45) is 11.8 Å². The molecular weight excluding hydrogens is 274 g/mol. The van der Waals surface area contributed by atoms with Crippen molar-refractivity contribution >= 4 is 11.9 Å². The first-order valence-electron chi connectivity index (χ1n) is 7.29. The summed E-state index contributed by atoms with van der Waals surface area (Å²) in [5.74, 6) is -2.27. The molecule has 0 aromatic rings. The van der Waals surface area contributed by atoms with Crippen molar-refractivity contribution in [2.75, 3.05) is 19.7 Å². The number of rotatable bonds is 3. The summed E-state index contributed by atoms with van der Waals surface area (Å²) < 4.78 is 5.69. The van der Waals surface area contributed by atoms with Gasteiger partial charge in [0.15, 0.2) is 0 Å². The highest BCUT2D eigenvalue weighted by atomic mass is 16.5. The molecule has 0 bridgehead atoms. The number of aliphatic carboxylic acids is 1. The Hall–Kier alpha value is -1.40. The van der Waals surface area contributed by atoms with Crippen LogP contribution in [-0.2, 0) is 14.3 Å². The number of aliphatic hydroxyl groups excluding tert-OH is 1. The lowest BCUT2D eigenvalue weighted by Gasteiger charge is -2.44. The Morgan fingerprint density at radius 1 is 1.29 bits per heavy atom. The molecule has 1 fully saturated rings. The van der Waals surface area contributed by atoms with E-state index in [4.69, 9.17) is 4.74 Å². The number of carboxylic acids is 1. The maximum absolute atomic E-state index is 12.7. The largest absolute Gasteiger partial charge is 0.481 e. The number of amides is 1. The minimum absolute atomic E-state index is 0.151. The Morgan fingerprint density at radius 3 is 2.48 bits per heavy atom. The van der Waals surface area contributed by atoms with Gasteiger partial charge < -0.3 is 19.8 Å². The van der Waals surface area contributed by atoms with Crippen LogP contribution in [0.25, 0.3) is 0 Å². The van der Waals surface area contributed by atoms with Crippen LogP contribution < -0.4 is 0 Å². The molecule has 21 heavy (non-hydrogen) atoms. The average Bonchev–Trinajstić information content (AvgIpc) is 2.44. The first-order chi connectivity index (χ1) is 9.84. The monoisotopic (exact) mass is 297 g/mol. The van der Waals surface area contributed by atoms with E-state index in [0.717, 1.165) is 0 Å². The Morgan fingerprint density at radius 2 is 1.90 bits per heavy atom. The molecule has 0 spiro atoms. The summed E-state index contributed by atoms with van der Waals surface area (Å²) in [6, 6.07) is 0. The van der Waals surface area contributed by atoms with Gasteiger partial charge in [0, 0.05) is 13.1 Å². The summed E-state index contributed by atoms with van der Waals surface area (Å²) in [5.41, 5.74) is -0.537. The third-order valence-corrected chi connectivity index (χ3v) is 4.06. The molecule has 3 unspecified atom stereocenters. The number of morpholine rings is 1. The summed E-state index contributed by atoms with van der Waals surface area (Å²) in [4.78, 5) is 25.7. The number of carbonyl (C=O) groups excluding carboxylic acids is 1. The minimum atomic E-state index is -0.927. The number of ether oxygens (including phenoxy) is 1. The normalized spacial score (nSPS) is 32.0. The van der Waals surface area contributed by atoms with E-state index in [1.165, 1.54) is 0 Å². The Labute approximate surface area is 124 Å². The molecule has 118 valence electrons. The molecule has 2 aliphatic rings. The van der Waals surface area contributed by atoms with Crippen molar-refractivity contribution in [3.63, 3.8) is 0 Å². The topological polar surface area (TPSA) is 87.1 Å². The van der Waals surface area contributed by atoms with Gasteiger partial charge in [-0.15, -0.1) is 0 Å². The molecule has 3 atom stereocenters. The second-order valence-corrected chi connectivity index (χ2v) is 6.39. The van der Waals surface area contributed by atoms with Gasteiger partial charge in [0.1, 0.15) is 0 Å². The van der Waals surface area contributed by atoms with E-state index in [-0.39, 0.29) is 12.5 Å². The number of hydrogen-bond acceptors (Lipinski definition) is 4. The molecule has 2 rings (SSSR count). The first kappa shape index (κ1) is 16.0. The maximum atomic E-state index is 12.7. The number of aliphatic hydroxyl groups is 1. The van der Waals surface area contributed by atoms with Crippen LogP contribution in [0.5, 0.6) is 0 Å². The Balaban J connectivity index is 2.14. The zero-order chi connectivity index (χ0) is 15.6. The summed E-state index contributed by atoms with van der Waals surface area (Å²) >= 11 is 0. The van der Waals surface area contributed by atoms with Crippen LogP contribution in [0.2, 0.25) is 0 Å². The fourth-order valence-corrected chi connectivity index (χ4v) is 3.15. The van der Waals surface area contributed by atoms with Gasteiger partial charge in [-0.1, -0.05) is 12.2 Å². The van der Waals surface area contributed by atoms with Crippen LogP contribution in [0, 0.1) is 11.8 Å². The van der Waals surface area contributed by atoms with Gasteiger partial charge >= 0.3 is 5.97 Å². The van der Waals surface area contributed by atoms with Crippen LogP contribution in [0.4, 0.5) is 0 Å². The molecular formula is C15H23NO5. The fraction of sp³-hybridized carbons (Fsp3) is 0.733. The second-order valence-electron chi connectivity index (χ2n) is 6.39. The number of allylic oxidation sites excluding steroid dienone is 2. The van der Waals surface area contributed by atoms with Crippen LogP contribution in [0.15, 0.2) is 12.2 Å². The molecule has 1 saturated heterocycles. The zero-order valence-corrected chi connectivity index (χ0v) is 12.5. The van der Waals surface area contributed by atoms with Crippen molar-refractivity contribution < 1.29 is 24.5 Å². The highest BCUT2D eigenvalue weighted by Crippen LogP contribution is 2.30. The lowest BCUT2D eigenvalue weighted by atomic mass is 9.81. The van der Waals surface area contributed by atoms with Crippen LogP contribution in [0.1, 0.15) is 26.7 Å². The van der Waals surface area contributed by atoms with Crippen molar-refractivity contribution in [2.45, 2.75) is 38.4 Å². The maximum Gasteiger partial charge on any atom is 0.307 e. The highest BCUT2D eigenvalue weighted by molar-refractivity contribution is 5.85. The van der Waals surface area contributed by atoms with Crippen molar-refractivity contribution in [3.8, 4) is 0 Å². The number of nitrogens with zero attached hydrogens (tertiary/aromatic N) is 1. The van der Waals surface area contributed by atoms with Gasteiger partial charge in [-0.25, -0.2) is 0 Å². The van der Waals surface area contributed by atoms with Gasteiger partial charge in [0.25, 0.3) is 0 Å². The molecule has 0 aromatic heterocycles. The third kappa shape index (κ3) is 3.63. The number of carbonyl (C=O) groups is 2. The van der Waals surface area contributed by atoms with E-state index in [2.05, 4.69) is 0 Å². The summed E-state index contributed by atoms with van der Waals surface area (Å²) in [7, 11) is 0. The van der Waals surface area contributed by atoms with Gasteiger partial charge in [-0.05, 0) is 26.7 Å². The molecule has 1 amide bonds. The summed E-state index contributed by atoms with van der Waals surface area (Å²) in [6.07, 6.45) is 4.12. The Kier molecular flexibility index (Phi) is 4.68. The average molecular weight is 297 g/mol. The SMILES string of the molecule is CC1(C)CN(C(=O)C2CC=CCC2C(=O)O)CC(CO)O1. The number of carboxylic acid groups (broad SMARTS) is 1. The fourth-order valence-electron chi connectivity index (χ4n) is 3.15. The van der Waals surface area contributed by atoms with Gasteiger partial charge in [0.05, 0.1) is 30.1 Å². The molecule has 1 heterocycles. The van der Waals surface area contributed by atoms with Crippen molar-refractivity contribution in [1.82, 2.24) is 4.90 Å². The van der Waals surface area contributed by atoms with E-state index in [1.54, 1.807) is 4.90 Å². The van der Waals surface area contributed by atoms with E-state index in [9.17, 15) is 19.8 Å². The van der Waals surface area contributed by atoms with Gasteiger partial charge in [-0.3, -0.25) is 9.59 Å². The number of hydrogen-bond donors (Lipinski definition) is 2. The van der Waals surface area contributed by atoms with E-state index < -0.39 is 29.5 Å². The lowest BCUT2D eigenvalue weighted by Crippen LogP contribution is -2.57. The molecule has 0 saturated carbocycles. The van der Waals surface area contributed by atoms with Crippen molar-refractivity contribution in [3.05, 3.63) is 12.2 Å². The molecule has 1 aliphatic carbocycles. The predicted molar refractivity (Wildman–Crippen MR) is 75.6 cm³/mol. The molecule has 0 radical (unpaired) electrons. The predicted octanol–water partition coefficient (Wildman–Crippen LogP) is 0.652. The molecule has 1 aliphatic heterocycles. The lowest BCUT2D eigenvalue weighted by molar-refractivity contribution is -0.172. The minimum Gasteiger partial charge on any atom is -0.481 e. The van der Waals surface area contributed by atoms with E-state index in [0.29, 0.717) is 25.9 Å². The van der Waals surface area contributed by atoms with Crippen molar-refractivity contribution in [1.29, 1.82) is 0 Å². The van der Waals surface area contributed by atoms with E-state index >= 15 is 0 Å².